The van der Waals surface area contributed by atoms with Crippen LogP contribution in [0.4, 0.5) is 0 Å². The fourth-order valence-corrected chi connectivity index (χ4v) is 3.66. The number of hydrogen-bond acceptors (Lipinski definition) is 1. The van der Waals surface area contributed by atoms with E-state index in [0.717, 1.165) is 23.8 Å². The molecule has 0 saturated heterocycles. The minimum atomic E-state index is 0.790. The minimum absolute atomic E-state index is 0.790. The minimum Gasteiger partial charge on any atom is -0.317 e. The summed E-state index contributed by atoms with van der Waals surface area (Å²) >= 11 is 0. The van der Waals surface area contributed by atoms with Crippen LogP contribution >= 0.6 is 0 Å². The molecule has 0 amide bonds. The average molecular weight is 207 g/mol. The van der Waals surface area contributed by atoms with Gasteiger partial charge in [0, 0.05) is 6.04 Å². The van der Waals surface area contributed by atoms with Gasteiger partial charge in [0.15, 0.2) is 0 Å². The van der Waals surface area contributed by atoms with Gasteiger partial charge in [-0.25, -0.2) is 0 Å². The highest BCUT2D eigenvalue weighted by molar-refractivity contribution is 5.04. The second kappa shape index (κ2) is 5.16. The van der Waals surface area contributed by atoms with Crippen molar-refractivity contribution in [3.05, 3.63) is 12.7 Å². The molecule has 3 unspecified atom stereocenters. The Hall–Kier alpha value is -0.300. The Bertz CT molecular complexity index is 199. The third-order valence-corrected chi connectivity index (χ3v) is 4.48. The van der Waals surface area contributed by atoms with E-state index in [1.165, 1.54) is 44.9 Å². The number of fused-ring (bicyclic) bond motifs is 1. The maximum absolute atomic E-state index is 3.80. The highest BCUT2D eigenvalue weighted by Gasteiger charge is 2.53. The van der Waals surface area contributed by atoms with Gasteiger partial charge < -0.3 is 5.32 Å². The van der Waals surface area contributed by atoms with E-state index in [0.29, 0.717) is 0 Å². The zero-order valence-electron chi connectivity index (χ0n) is 10.0. The smallest absolute Gasteiger partial charge is 0.00979 e. The summed E-state index contributed by atoms with van der Waals surface area (Å²) in [4.78, 5) is 0. The normalized spacial score (nSPS) is 35.7. The van der Waals surface area contributed by atoms with E-state index in [1.54, 1.807) is 0 Å². The van der Waals surface area contributed by atoms with Gasteiger partial charge in [-0.1, -0.05) is 18.9 Å². The van der Waals surface area contributed by atoms with Gasteiger partial charge in [0.25, 0.3) is 0 Å². The van der Waals surface area contributed by atoms with E-state index >= 15 is 0 Å². The largest absolute Gasteiger partial charge is 0.317 e. The van der Waals surface area contributed by atoms with Crippen molar-refractivity contribution < 1.29 is 0 Å². The first-order valence-electron chi connectivity index (χ1n) is 6.66. The molecule has 15 heavy (non-hydrogen) atoms. The zero-order chi connectivity index (χ0) is 10.7. The maximum atomic E-state index is 3.80. The zero-order valence-corrected chi connectivity index (χ0v) is 10.0. The van der Waals surface area contributed by atoms with E-state index in [4.69, 9.17) is 0 Å². The molecule has 1 N–H and O–H groups in total. The van der Waals surface area contributed by atoms with Crippen molar-refractivity contribution in [1.82, 2.24) is 5.32 Å². The van der Waals surface area contributed by atoms with Crippen LogP contribution in [0.1, 0.15) is 44.9 Å². The summed E-state index contributed by atoms with van der Waals surface area (Å²) in [5.41, 5.74) is 0. The second-order valence-corrected chi connectivity index (χ2v) is 5.30. The van der Waals surface area contributed by atoms with Crippen LogP contribution in [0.15, 0.2) is 12.7 Å². The van der Waals surface area contributed by atoms with Gasteiger partial charge >= 0.3 is 0 Å². The Labute approximate surface area is 94.3 Å². The fourth-order valence-electron chi connectivity index (χ4n) is 3.66. The van der Waals surface area contributed by atoms with Crippen molar-refractivity contribution in [3.63, 3.8) is 0 Å². The second-order valence-electron chi connectivity index (χ2n) is 5.30. The summed E-state index contributed by atoms with van der Waals surface area (Å²) in [6.45, 7) is 3.80. The van der Waals surface area contributed by atoms with Gasteiger partial charge in [-0.15, -0.1) is 6.58 Å². The summed E-state index contributed by atoms with van der Waals surface area (Å²) in [6.07, 6.45) is 11.9. The van der Waals surface area contributed by atoms with Crippen molar-refractivity contribution in [2.45, 2.75) is 51.0 Å². The maximum Gasteiger partial charge on any atom is 0.00979 e. The van der Waals surface area contributed by atoms with Gasteiger partial charge in [0.2, 0.25) is 0 Å². The molecule has 0 aromatic rings. The van der Waals surface area contributed by atoms with Crippen LogP contribution < -0.4 is 5.32 Å². The SMILES string of the molecule is C=CCCCC(NC)C1C2CCCCC21. The Morgan fingerprint density at radius 1 is 1.33 bits per heavy atom. The molecule has 2 saturated carbocycles. The van der Waals surface area contributed by atoms with Gasteiger partial charge in [-0.05, 0) is 56.9 Å². The molecule has 2 fully saturated rings. The highest BCUT2D eigenvalue weighted by atomic mass is 14.9. The van der Waals surface area contributed by atoms with E-state index < -0.39 is 0 Å². The fraction of sp³-hybridized carbons (Fsp3) is 0.857. The molecular formula is C14H25N. The quantitative estimate of drug-likeness (QED) is 0.520. The average Bonchev–Trinajstić information content (AvgIpc) is 2.99. The van der Waals surface area contributed by atoms with Crippen LogP contribution in [0.2, 0.25) is 0 Å². The number of hydrogen-bond donors (Lipinski definition) is 1. The summed E-state index contributed by atoms with van der Waals surface area (Å²) in [6, 6.07) is 0.790. The van der Waals surface area contributed by atoms with Crippen LogP contribution in [0.25, 0.3) is 0 Å². The molecule has 3 atom stereocenters. The van der Waals surface area contributed by atoms with Crippen LogP contribution in [0.5, 0.6) is 0 Å². The molecule has 1 heteroatoms. The van der Waals surface area contributed by atoms with Gasteiger partial charge in [-0.3, -0.25) is 0 Å². The van der Waals surface area contributed by atoms with E-state index in [2.05, 4.69) is 18.9 Å². The Balaban J connectivity index is 1.77. The lowest BCUT2D eigenvalue weighted by Crippen LogP contribution is -2.28. The van der Waals surface area contributed by atoms with Gasteiger partial charge in [0.05, 0.1) is 0 Å². The molecule has 2 rings (SSSR count). The van der Waals surface area contributed by atoms with Crippen molar-refractivity contribution in [2.75, 3.05) is 7.05 Å². The molecule has 1 nitrogen and oxygen atoms in total. The molecule has 2 aliphatic rings. The first kappa shape index (κ1) is 11.2. The van der Waals surface area contributed by atoms with E-state index in [-0.39, 0.29) is 0 Å². The van der Waals surface area contributed by atoms with Gasteiger partial charge in [0.1, 0.15) is 0 Å². The number of nitrogens with one attached hydrogen (secondary N) is 1. The van der Waals surface area contributed by atoms with Crippen molar-refractivity contribution in [1.29, 1.82) is 0 Å². The van der Waals surface area contributed by atoms with E-state index in [1.807, 2.05) is 6.08 Å². The number of allylic oxidation sites excluding steroid dienone is 1. The first-order valence-corrected chi connectivity index (χ1v) is 6.66. The lowest BCUT2D eigenvalue weighted by atomic mass is 10.0. The lowest BCUT2D eigenvalue weighted by Gasteiger charge is -2.15. The third kappa shape index (κ3) is 2.44. The van der Waals surface area contributed by atoms with Crippen molar-refractivity contribution in [2.24, 2.45) is 17.8 Å². The summed E-state index contributed by atoms with van der Waals surface area (Å²) in [7, 11) is 2.14. The van der Waals surface area contributed by atoms with Crippen molar-refractivity contribution >= 4 is 0 Å². The highest BCUT2D eigenvalue weighted by Crippen LogP contribution is 2.57. The Morgan fingerprint density at radius 2 is 2.00 bits per heavy atom. The Kier molecular flexibility index (Phi) is 3.85. The predicted molar refractivity (Wildman–Crippen MR) is 65.8 cm³/mol. The van der Waals surface area contributed by atoms with Crippen LogP contribution in [0, 0.1) is 17.8 Å². The van der Waals surface area contributed by atoms with Gasteiger partial charge in [-0.2, -0.15) is 0 Å². The Morgan fingerprint density at radius 3 is 2.53 bits per heavy atom. The molecule has 2 aliphatic carbocycles. The summed E-state index contributed by atoms with van der Waals surface area (Å²) in [5, 5.41) is 3.54. The van der Waals surface area contributed by atoms with Crippen molar-refractivity contribution in [3.8, 4) is 0 Å². The third-order valence-electron chi connectivity index (χ3n) is 4.48. The first-order chi connectivity index (χ1) is 7.38. The van der Waals surface area contributed by atoms with Crippen LogP contribution in [-0.2, 0) is 0 Å². The summed E-state index contributed by atoms with van der Waals surface area (Å²) < 4.78 is 0. The molecule has 0 radical (unpaired) electrons. The molecule has 0 aromatic heterocycles. The summed E-state index contributed by atoms with van der Waals surface area (Å²) in [5.74, 6) is 3.18. The molecule has 86 valence electrons. The number of rotatable bonds is 6. The molecule has 0 bridgehead atoms. The van der Waals surface area contributed by atoms with E-state index in [9.17, 15) is 0 Å². The van der Waals surface area contributed by atoms with Crippen LogP contribution in [0.3, 0.4) is 0 Å². The monoisotopic (exact) mass is 207 g/mol. The molecule has 0 aliphatic heterocycles. The van der Waals surface area contributed by atoms with Crippen LogP contribution in [-0.4, -0.2) is 13.1 Å². The molecule has 0 aromatic carbocycles. The number of unbranched alkanes of at least 4 members (excludes halogenated alkanes) is 1. The lowest BCUT2D eigenvalue weighted by molar-refractivity contribution is 0.425. The topological polar surface area (TPSA) is 12.0 Å². The molecule has 0 heterocycles. The molecular weight excluding hydrogens is 182 g/mol. The standard InChI is InChI=1S/C14H25N/c1-3-4-5-10-13(15-2)14-11-8-6-7-9-12(11)14/h3,11-15H,1,4-10H2,2H3. The predicted octanol–water partition coefficient (Wildman–Crippen LogP) is 3.37. The molecule has 0 spiro atoms.